The summed E-state index contributed by atoms with van der Waals surface area (Å²) in [5.74, 6) is 1.47. The molecule has 0 aliphatic carbocycles. The molecule has 128 valence electrons. The van der Waals surface area contributed by atoms with Crippen molar-refractivity contribution >= 4 is 11.7 Å². The summed E-state index contributed by atoms with van der Waals surface area (Å²) in [7, 11) is 0. The van der Waals surface area contributed by atoms with E-state index < -0.39 is 0 Å². The van der Waals surface area contributed by atoms with E-state index in [1.807, 2.05) is 0 Å². The van der Waals surface area contributed by atoms with Crippen molar-refractivity contribution in [3.05, 3.63) is 6.08 Å². The zero-order valence-corrected chi connectivity index (χ0v) is 14.7. The molecule has 0 aromatic carbocycles. The highest BCUT2D eigenvalue weighted by Crippen LogP contribution is 2.13. The van der Waals surface area contributed by atoms with Crippen molar-refractivity contribution in [2.45, 2.75) is 110 Å². The van der Waals surface area contributed by atoms with E-state index in [9.17, 15) is 9.59 Å². The molecule has 0 aromatic rings. The molecule has 0 saturated heterocycles. The third-order valence-corrected chi connectivity index (χ3v) is 4.25. The number of carbonyl (C=O) groups excluding carboxylic acids is 2. The van der Waals surface area contributed by atoms with Gasteiger partial charge in [-0.25, -0.2) is 4.79 Å². The van der Waals surface area contributed by atoms with Crippen LogP contribution in [0.5, 0.6) is 0 Å². The smallest absolute Gasteiger partial charge is 0.166 e. The summed E-state index contributed by atoms with van der Waals surface area (Å²) < 4.78 is 0. The normalized spacial score (nSPS) is 10.4. The van der Waals surface area contributed by atoms with Gasteiger partial charge in [0.2, 0.25) is 0 Å². The van der Waals surface area contributed by atoms with E-state index in [1.165, 1.54) is 83.5 Å². The topological polar surface area (TPSA) is 34.1 Å². The summed E-state index contributed by atoms with van der Waals surface area (Å²) in [4.78, 5) is 21.0. The second kappa shape index (κ2) is 18.2. The third-order valence-electron chi connectivity index (χ3n) is 4.25. The number of carbonyl (C=O) groups is 1. The number of unbranched alkanes of at least 4 members (excludes halogenated alkanes) is 14. The Morgan fingerprint density at radius 3 is 1.41 bits per heavy atom. The largest absolute Gasteiger partial charge is 0.294 e. The SMILES string of the molecule is CCCCCCCCCCCCCCCCCC(=O)C=C=O. The Labute approximate surface area is 137 Å². The van der Waals surface area contributed by atoms with Crippen LogP contribution in [0.4, 0.5) is 0 Å². The summed E-state index contributed by atoms with van der Waals surface area (Å²) in [6.07, 6.45) is 21.4. The first-order valence-corrected chi connectivity index (χ1v) is 9.55. The van der Waals surface area contributed by atoms with E-state index in [0.717, 1.165) is 18.9 Å². The Morgan fingerprint density at radius 1 is 0.682 bits per heavy atom. The molecule has 0 saturated carbocycles. The van der Waals surface area contributed by atoms with Crippen molar-refractivity contribution in [2.75, 3.05) is 0 Å². The standard InChI is InChI=1S/C20H36O2/c1-2-3-4-5-6-7-8-9-10-11-12-13-14-15-16-17-20(22)18-19-21/h18H,2-17H2,1H3. The lowest BCUT2D eigenvalue weighted by molar-refractivity contribution is -0.114. The maximum absolute atomic E-state index is 11.1. The van der Waals surface area contributed by atoms with Crippen LogP contribution in [0.3, 0.4) is 0 Å². The summed E-state index contributed by atoms with van der Waals surface area (Å²) in [6, 6.07) is 0. The van der Waals surface area contributed by atoms with E-state index >= 15 is 0 Å². The average Bonchev–Trinajstić information content (AvgIpc) is 2.51. The van der Waals surface area contributed by atoms with E-state index in [-0.39, 0.29) is 5.78 Å². The molecule has 0 spiro atoms. The van der Waals surface area contributed by atoms with E-state index in [1.54, 1.807) is 5.94 Å². The minimum absolute atomic E-state index is 0.0790. The van der Waals surface area contributed by atoms with Crippen molar-refractivity contribution < 1.29 is 9.59 Å². The average molecular weight is 309 g/mol. The molecule has 0 N–H and O–H groups in total. The Bertz CT molecular complexity index is 290. The second-order valence-corrected chi connectivity index (χ2v) is 6.43. The highest BCUT2D eigenvalue weighted by atomic mass is 16.1. The van der Waals surface area contributed by atoms with E-state index in [2.05, 4.69) is 6.92 Å². The number of hydrogen-bond acceptors (Lipinski definition) is 2. The molecule has 0 atom stereocenters. The lowest BCUT2D eigenvalue weighted by atomic mass is 10.0. The number of rotatable bonds is 17. The Kier molecular flexibility index (Phi) is 17.4. The van der Waals surface area contributed by atoms with Gasteiger partial charge in [0.25, 0.3) is 0 Å². The van der Waals surface area contributed by atoms with Gasteiger partial charge >= 0.3 is 0 Å². The maximum Gasteiger partial charge on any atom is 0.166 e. The molecule has 0 unspecified atom stereocenters. The molecule has 0 bridgehead atoms. The summed E-state index contributed by atoms with van der Waals surface area (Å²) in [6.45, 7) is 2.27. The minimum Gasteiger partial charge on any atom is -0.294 e. The van der Waals surface area contributed by atoms with Gasteiger partial charge in [-0.3, -0.25) is 4.79 Å². The molecule has 0 fully saturated rings. The molecule has 0 heterocycles. The van der Waals surface area contributed by atoms with Crippen LogP contribution in [0.25, 0.3) is 0 Å². The molecule has 0 rings (SSSR count). The maximum atomic E-state index is 11.1. The molecule has 0 amide bonds. The van der Waals surface area contributed by atoms with Crippen molar-refractivity contribution in [1.29, 1.82) is 0 Å². The highest BCUT2D eigenvalue weighted by molar-refractivity contribution is 5.95. The fraction of sp³-hybridized carbons (Fsp3) is 0.850. The molecular weight excluding hydrogens is 272 g/mol. The van der Waals surface area contributed by atoms with Crippen molar-refractivity contribution in [3.63, 3.8) is 0 Å². The quantitative estimate of drug-likeness (QED) is 0.182. The van der Waals surface area contributed by atoms with Crippen LogP contribution in [-0.2, 0) is 9.59 Å². The van der Waals surface area contributed by atoms with E-state index in [4.69, 9.17) is 0 Å². The monoisotopic (exact) mass is 308 g/mol. The van der Waals surface area contributed by atoms with Crippen LogP contribution >= 0.6 is 0 Å². The minimum atomic E-state index is -0.0790. The predicted molar refractivity (Wildman–Crippen MR) is 94.8 cm³/mol. The molecule has 2 heteroatoms. The molecule has 0 radical (unpaired) electrons. The first-order valence-electron chi connectivity index (χ1n) is 9.55. The van der Waals surface area contributed by atoms with Crippen LogP contribution in [0.1, 0.15) is 110 Å². The fourth-order valence-corrected chi connectivity index (χ4v) is 2.81. The second-order valence-electron chi connectivity index (χ2n) is 6.43. The third kappa shape index (κ3) is 17.2. The molecule has 0 aliphatic heterocycles. The Hall–Kier alpha value is -0.880. The lowest BCUT2D eigenvalue weighted by Gasteiger charge is -2.03. The van der Waals surface area contributed by atoms with Crippen LogP contribution in [0.15, 0.2) is 6.08 Å². The van der Waals surface area contributed by atoms with Crippen LogP contribution in [0.2, 0.25) is 0 Å². The number of ketones is 1. The van der Waals surface area contributed by atoms with Gasteiger partial charge in [0.1, 0.15) is 5.94 Å². The molecular formula is C20H36O2. The zero-order chi connectivity index (χ0) is 16.3. The summed E-state index contributed by atoms with van der Waals surface area (Å²) in [5, 5.41) is 0. The predicted octanol–water partition coefficient (Wildman–Crippen LogP) is 6.20. The van der Waals surface area contributed by atoms with Gasteiger partial charge in [-0.2, -0.15) is 0 Å². The van der Waals surface area contributed by atoms with Crippen molar-refractivity contribution in [2.24, 2.45) is 0 Å². The van der Waals surface area contributed by atoms with Crippen molar-refractivity contribution in [3.8, 4) is 0 Å². The summed E-state index contributed by atoms with van der Waals surface area (Å²) >= 11 is 0. The van der Waals surface area contributed by atoms with Gasteiger partial charge in [-0.15, -0.1) is 0 Å². The van der Waals surface area contributed by atoms with Gasteiger partial charge in [-0.05, 0) is 6.42 Å². The van der Waals surface area contributed by atoms with Gasteiger partial charge < -0.3 is 0 Å². The zero-order valence-electron chi connectivity index (χ0n) is 14.7. The molecule has 0 aliphatic rings. The van der Waals surface area contributed by atoms with Crippen LogP contribution < -0.4 is 0 Å². The van der Waals surface area contributed by atoms with Crippen molar-refractivity contribution in [1.82, 2.24) is 0 Å². The molecule has 2 nitrogen and oxygen atoms in total. The Balaban J connectivity index is 3.05. The van der Waals surface area contributed by atoms with Crippen LogP contribution in [-0.4, -0.2) is 11.7 Å². The van der Waals surface area contributed by atoms with Gasteiger partial charge in [-0.1, -0.05) is 96.8 Å². The first-order chi connectivity index (χ1) is 10.8. The lowest BCUT2D eigenvalue weighted by Crippen LogP contribution is -1.92. The van der Waals surface area contributed by atoms with Gasteiger partial charge in [0.05, 0.1) is 6.08 Å². The molecule has 22 heavy (non-hydrogen) atoms. The fourth-order valence-electron chi connectivity index (χ4n) is 2.81. The summed E-state index contributed by atoms with van der Waals surface area (Å²) in [5.41, 5.74) is 0. The van der Waals surface area contributed by atoms with Gasteiger partial charge in [0, 0.05) is 6.42 Å². The first kappa shape index (κ1) is 21.1. The number of hydrogen-bond donors (Lipinski definition) is 0. The van der Waals surface area contributed by atoms with Crippen LogP contribution in [0, 0.1) is 0 Å². The van der Waals surface area contributed by atoms with E-state index in [0.29, 0.717) is 6.42 Å². The molecule has 0 aromatic heterocycles. The highest BCUT2D eigenvalue weighted by Gasteiger charge is 1.97. The Morgan fingerprint density at radius 2 is 1.05 bits per heavy atom. The number of allylic oxidation sites excluding steroid dienone is 1. The van der Waals surface area contributed by atoms with Gasteiger partial charge in [0.15, 0.2) is 5.78 Å².